The van der Waals surface area contributed by atoms with Crippen LogP contribution < -0.4 is 10.4 Å². The third-order valence-corrected chi connectivity index (χ3v) is 4.92. The Morgan fingerprint density at radius 1 is 1.10 bits per heavy atom. The number of ether oxygens (including phenoxy) is 2. The number of carbonyl (C=O) groups excluding carboxylic acids is 2. The van der Waals surface area contributed by atoms with Gasteiger partial charge in [0, 0.05) is 17.0 Å². The summed E-state index contributed by atoms with van der Waals surface area (Å²) in [5.41, 5.74) is 1.99. The number of hydrogen-bond donors (Lipinski definition) is 0. The first kappa shape index (κ1) is 20.6. The lowest BCUT2D eigenvalue weighted by molar-refractivity contribution is -0.139. The maximum atomic E-state index is 12.3. The molecule has 0 aliphatic rings. The SMILES string of the molecule is COC(=O)Cc1c(C)c2cc(Cl)c(OCC(=O)c3ccc(C)cc3)cc2oc1=O. The Morgan fingerprint density at radius 3 is 2.45 bits per heavy atom. The van der Waals surface area contributed by atoms with Gasteiger partial charge in [0.05, 0.1) is 24.1 Å². The molecule has 0 atom stereocenters. The molecule has 1 heterocycles. The van der Waals surface area contributed by atoms with Crippen LogP contribution in [0.3, 0.4) is 0 Å². The van der Waals surface area contributed by atoms with Gasteiger partial charge < -0.3 is 13.9 Å². The number of ketones is 1. The largest absolute Gasteiger partial charge is 0.484 e. The topological polar surface area (TPSA) is 82.8 Å². The Kier molecular flexibility index (Phi) is 6.03. The summed E-state index contributed by atoms with van der Waals surface area (Å²) in [4.78, 5) is 36.1. The fourth-order valence-corrected chi connectivity index (χ4v) is 3.11. The Bertz CT molecular complexity index is 1140. The summed E-state index contributed by atoms with van der Waals surface area (Å²) in [6.45, 7) is 3.43. The van der Waals surface area contributed by atoms with Gasteiger partial charge in [-0.3, -0.25) is 9.59 Å². The van der Waals surface area contributed by atoms with Crippen LogP contribution in [0.25, 0.3) is 11.0 Å². The molecule has 0 amide bonds. The van der Waals surface area contributed by atoms with Gasteiger partial charge in [-0.1, -0.05) is 41.4 Å². The van der Waals surface area contributed by atoms with E-state index < -0.39 is 11.6 Å². The molecule has 3 rings (SSSR count). The molecule has 3 aromatic rings. The van der Waals surface area contributed by atoms with Crippen LogP contribution in [0.4, 0.5) is 0 Å². The fraction of sp³-hybridized carbons (Fsp3) is 0.227. The Labute approximate surface area is 172 Å². The molecule has 0 aliphatic carbocycles. The number of fused-ring (bicyclic) bond motifs is 1. The molecule has 0 fully saturated rings. The lowest BCUT2D eigenvalue weighted by Gasteiger charge is -2.11. The molecule has 0 bridgehead atoms. The van der Waals surface area contributed by atoms with Gasteiger partial charge in [0.1, 0.15) is 11.3 Å². The highest BCUT2D eigenvalue weighted by Gasteiger charge is 2.17. The molecule has 1 aromatic heterocycles. The lowest BCUT2D eigenvalue weighted by Crippen LogP contribution is -2.16. The zero-order chi connectivity index (χ0) is 21.1. The van der Waals surface area contributed by atoms with Crippen molar-refractivity contribution in [1.82, 2.24) is 0 Å². The van der Waals surface area contributed by atoms with E-state index in [0.29, 0.717) is 16.5 Å². The zero-order valence-corrected chi connectivity index (χ0v) is 17.0. The van der Waals surface area contributed by atoms with Crippen LogP contribution in [-0.2, 0) is 16.0 Å². The molecule has 0 radical (unpaired) electrons. The van der Waals surface area contributed by atoms with Crippen molar-refractivity contribution in [3.05, 3.63) is 74.1 Å². The monoisotopic (exact) mass is 414 g/mol. The average Bonchev–Trinajstić information content (AvgIpc) is 2.70. The van der Waals surface area contributed by atoms with Gasteiger partial charge in [-0.2, -0.15) is 0 Å². The smallest absolute Gasteiger partial charge is 0.340 e. The molecule has 7 heteroatoms. The van der Waals surface area contributed by atoms with Crippen LogP contribution in [0.5, 0.6) is 5.75 Å². The van der Waals surface area contributed by atoms with Gasteiger partial charge >= 0.3 is 11.6 Å². The van der Waals surface area contributed by atoms with Crippen LogP contribution in [0.15, 0.2) is 45.6 Å². The van der Waals surface area contributed by atoms with E-state index in [1.165, 1.54) is 13.2 Å². The molecule has 0 unspecified atom stereocenters. The summed E-state index contributed by atoms with van der Waals surface area (Å²) in [6.07, 6.45) is -0.193. The fourth-order valence-electron chi connectivity index (χ4n) is 2.89. The van der Waals surface area contributed by atoms with Crippen molar-refractivity contribution < 1.29 is 23.5 Å². The maximum absolute atomic E-state index is 12.3. The van der Waals surface area contributed by atoms with Gasteiger partial charge in [0.2, 0.25) is 0 Å². The number of carbonyl (C=O) groups is 2. The molecule has 0 aliphatic heterocycles. The van der Waals surface area contributed by atoms with Crippen molar-refractivity contribution in [3.63, 3.8) is 0 Å². The van der Waals surface area contributed by atoms with Crippen LogP contribution in [0.2, 0.25) is 5.02 Å². The van der Waals surface area contributed by atoms with E-state index in [-0.39, 0.29) is 40.7 Å². The average molecular weight is 415 g/mol. The number of Topliss-reactive ketones (excluding diaryl/α,β-unsaturated/α-hetero) is 1. The second-order valence-electron chi connectivity index (χ2n) is 6.60. The maximum Gasteiger partial charge on any atom is 0.340 e. The molecule has 29 heavy (non-hydrogen) atoms. The summed E-state index contributed by atoms with van der Waals surface area (Å²) >= 11 is 6.30. The number of aryl methyl sites for hydroxylation is 2. The Balaban J connectivity index is 1.88. The first-order chi connectivity index (χ1) is 13.8. The Morgan fingerprint density at radius 2 is 1.79 bits per heavy atom. The minimum atomic E-state index is -0.635. The van der Waals surface area contributed by atoms with Crippen LogP contribution in [-0.4, -0.2) is 25.5 Å². The lowest BCUT2D eigenvalue weighted by atomic mass is 10.0. The number of benzene rings is 2. The third-order valence-electron chi connectivity index (χ3n) is 4.62. The van der Waals surface area contributed by atoms with Crippen molar-refractivity contribution in [2.75, 3.05) is 13.7 Å². The molecule has 0 saturated heterocycles. The second kappa shape index (κ2) is 8.49. The van der Waals surface area contributed by atoms with Crippen molar-refractivity contribution in [1.29, 1.82) is 0 Å². The number of esters is 1. The molecular formula is C22H19ClO6. The summed E-state index contributed by atoms with van der Waals surface area (Å²) in [7, 11) is 1.25. The van der Waals surface area contributed by atoms with E-state index in [1.807, 2.05) is 19.1 Å². The second-order valence-corrected chi connectivity index (χ2v) is 7.01. The quantitative estimate of drug-likeness (QED) is 0.344. The summed E-state index contributed by atoms with van der Waals surface area (Å²) in [6, 6.07) is 10.2. The van der Waals surface area contributed by atoms with Crippen molar-refractivity contribution in [2.24, 2.45) is 0 Å². The number of hydrogen-bond acceptors (Lipinski definition) is 6. The predicted molar refractivity (Wildman–Crippen MR) is 109 cm³/mol. The predicted octanol–water partition coefficient (Wildman–Crippen LogP) is 4.04. The minimum absolute atomic E-state index is 0.193. The van der Waals surface area contributed by atoms with Crippen molar-refractivity contribution in [3.8, 4) is 5.75 Å². The molecular weight excluding hydrogens is 396 g/mol. The Hall–Kier alpha value is -3.12. The van der Waals surface area contributed by atoms with E-state index in [2.05, 4.69) is 4.74 Å². The van der Waals surface area contributed by atoms with Gasteiger partial charge in [0.15, 0.2) is 12.4 Å². The highest BCUT2D eigenvalue weighted by molar-refractivity contribution is 6.32. The van der Waals surface area contributed by atoms with Gasteiger partial charge in [-0.25, -0.2) is 4.79 Å². The number of halogens is 1. The van der Waals surface area contributed by atoms with Gasteiger partial charge in [-0.15, -0.1) is 0 Å². The molecule has 0 N–H and O–H groups in total. The first-order valence-electron chi connectivity index (χ1n) is 8.85. The molecule has 0 spiro atoms. The first-order valence-corrected chi connectivity index (χ1v) is 9.23. The normalized spacial score (nSPS) is 10.8. The third kappa shape index (κ3) is 4.49. The van der Waals surface area contributed by atoms with E-state index in [0.717, 1.165) is 5.56 Å². The molecule has 6 nitrogen and oxygen atoms in total. The van der Waals surface area contributed by atoms with Crippen LogP contribution in [0, 0.1) is 13.8 Å². The zero-order valence-electron chi connectivity index (χ0n) is 16.2. The summed E-state index contributed by atoms with van der Waals surface area (Å²) in [5.74, 6) is -0.518. The number of rotatable bonds is 6. The number of methoxy groups -OCH3 is 1. The van der Waals surface area contributed by atoms with Crippen molar-refractivity contribution in [2.45, 2.75) is 20.3 Å². The van der Waals surface area contributed by atoms with Crippen LogP contribution in [0.1, 0.15) is 27.0 Å². The standard InChI is InChI=1S/C22H19ClO6/c1-12-4-6-14(7-5-12)18(24)11-28-20-10-19-15(8-17(20)23)13(2)16(22(26)29-19)9-21(25)27-3/h4-8,10H,9,11H2,1-3H3. The molecule has 150 valence electrons. The minimum Gasteiger partial charge on any atom is -0.484 e. The van der Waals surface area contributed by atoms with E-state index in [9.17, 15) is 14.4 Å². The van der Waals surface area contributed by atoms with Crippen molar-refractivity contribution >= 4 is 34.3 Å². The summed E-state index contributed by atoms with van der Waals surface area (Å²) in [5, 5.41) is 0.834. The van der Waals surface area contributed by atoms with Gasteiger partial charge in [0.25, 0.3) is 0 Å². The highest BCUT2D eigenvalue weighted by atomic mass is 35.5. The molecule has 2 aromatic carbocycles. The summed E-state index contributed by atoms with van der Waals surface area (Å²) < 4.78 is 15.5. The highest BCUT2D eigenvalue weighted by Crippen LogP contribution is 2.32. The van der Waals surface area contributed by atoms with Crippen LogP contribution >= 0.6 is 11.6 Å². The van der Waals surface area contributed by atoms with E-state index >= 15 is 0 Å². The molecule has 0 saturated carbocycles. The van der Waals surface area contributed by atoms with Gasteiger partial charge in [-0.05, 0) is 25.5 Å². The van der Waals surface area contributed by atoms with E-state index in [1.54, 1.807) is 25.1 Å². The van der Waals surface area contributed by atoms with E-state index in [4.69, 9.17) is 20.8 Å².